The van der Waals surface area contributed by atoms with Crippen LogP contribution in [0, 0.1) is 0 Å². The van der Waals surface area contributed by atoms with Crippen LogP contribution in [0.3, 0.4) is 0 Å². The first kappa shape index (κ1) is 70.6. The van der Waals surface area contributed by atoms with Crippen LogP contribution < -0.4 is 5.32 Å². The summed E-state index contributed by atoms with van der Waals surface area (Å²) in [6.45, 7) is 4.22. The zero-order valence-electron chi connectivity index (χ0n) is 48.8. The van der Waals surface area contributed by atoms with Gasteiger partial charge in [0, 0.05) is 0 Å². The van der Waals surface area contributed by atoms with Crippen molar-refractivity contribution in [1.29, 1.82) is 0 Å². The fraction of sp³-hybridized carbons (Fsp3) is 0.896. The molecule has 0 saturated carbocycles. The van der Waals surface area contributed by atoms with Crippen LogP contribution in [0.5, 0.6) is 0 Å². The van der Waals surface area contributed by atoms with E-state index in [1.807, 2.05) is 6.08 Å². The number of carbonyl (C=O) groups is 1. The van der Waals surface area contributed by atoms with Gasteiger partial charge in [-0.15, -0.1) is 0 Å². The maximum absolute atomic E-state index is 12.6. The second-order valence-corrected chi connectivity index (χ2v) is 22.7. The number of aliphatic hydroxyl groups excluding tert-OH is 3. The van der Waals surface area contributed by atoms with E-state index in [4.69, 9.17) is 0 Å². The van der Waals surface area contributed by atoms with Crippen molar-refractivity contribution < 1.29 is 20.1 Å². The Kier molecular flexibility index (Phi) is 60.9. The second kappa shape index (κ2) is 62.1. The standard InChI is InChI=1S/C67H129NO4/c1-3-5-7-9-11-13-15-17-19-21-23-25-27-28-29-30-31-32-33-34-35-36-37-38-39-40-42-44-46-48-50-52-54-56-58-60-62-66(71)67(72)68-64(63-69)65(70)61-59-57-55-53-51-49-47-45-43-41-26-24-22-20-18-16-14-12-10-8-6-4-2/h32-33,51,53,59,61,64-66,69-71H,3-31,34-50,52,54-58,60,62-63H2,1-2H3,(H,68,72)/b33-32-,53-51+,61-59+. The van der Waals surface area contributed by atoms with Gasteiger partial charge >= 0.3 is 0 Å². The van der Waals surface area contributed by atoms with Crippen LogP contribution in [-0.4, -0.2) is 46.1 Å². The van der Waals surface area contributed by atoms with Gasteiger partial charge in [0.15, 0.2) is 0 Å². The Morgan fingerprint density at radius 3 is 0.847 bits per heavy atom. The number of hydrogen-bond donors (Lipinski definition) is 4. The molecule has 0 aromatic carbocycles. The minimum Gasteiger partial charge on any atom is -0.394 e. The third-order valence-electron chi connectivity index (χ3n) is 15.5. The predicted molar refractivity (Wildman–Crippen MR) is 319 cm³/mol. The molecular weight excluding hydrogens is 883 g/mol. The lowest BCUT2D eigenvalue weighted by Crippen LogP contribution is -2.48. The van der Waals surface area contributed by atoms with E-state index in [1.54, 1.807) is 6.08 Å². The Morgan fingerprint density at radius 2 is 0.569 bits per heavy atom. The van der Waals surface area contributed by atoms with Gasteiger partial charge in [-0.25, -0.2) is 0 Å². The second-order valence-electron chi connectivity index (χ2n) is 22.7. The third-order valence-corrected chi connectivity index (χ3v) is 15.5. The minimum absolute atomic E-state index is 0.374. The molecule has 0 aromatic heterocycles. The summed E-state index contributed by atoms with van der Waals surface area (Å²) in [5.74, 6) is -0.507. The van der Waals surface area contributed by atoms with Crippen LogP contribution in [-0.2, 0) is 4.79 Å². The number of rotatable bonds is 61. The topological polar surface area (TPSA) is 89.8 Å². The van der Waals surface area contributed by atoms with Crippen molar-refractivity contribution in [3.8, 4) is 0 Å². The SMILES string of the molecule is CCCCCCCCCCCCCCCCCC/C=C\CCCCCCCCCCCCCCCCCCC(O)C(=O)NC(CO)C(O)/C=C/CC/C=C/CCCCCCCCCCCCCCCCCC. The highest BCUT2D eigenvalue weighted by molar-refractivity contribution is 5.80. The molecule has 1 amide bonds. The van der Waals surface area contributed by atoms with Crippen LogP contribution in [0.4, 0.5) is 0 Å². The van der Waals surface area contributed by atoms with Crippen LogP contribution in [0.1, 0.15) is 361 Å². The highest BCUT2D eigenvalue weighted by Crippen LogP contribution is 2.18. The lowest BCUT2D eigenvalue weighted by atomic mass is 10.0. The number of unbranched alkanes of at least 4 members (excludes halogenated alkanes) is 49. The van der Waals surface area contributed by atoms with Gasteiger partial charge in [-0.2, -0.15) is 0 Å². The fourth-order valence-electron chi connectivity index (χ4n) is 10.4. The van der Waals surface area contributed by atoms with E-state index in [0.717, 1.165) is 38.5 Å². The Balaban J connectivity index is 3.51. The van der Waals surface area contributed by atoms with Crippen molar-refractivity contribution in [2.24, 2.45) is 0 Å². The average molecular weight is 1010 g/mol. The van der Waals surface area contributed by atoms with E-state index in [9.17, 15) is 20.1 Å². The van der Waals surface area contributed by atoms with Gasteiger partial charge in [-0.05, 0) is 57.8 Å². The maximum Gasteiger partial charge on any atom is 0.249 e. The van der Waals surface area contributed by atoms with E-state index >= 15 is 0 Å². The molecule has 5 nitrogen and oxygen atoms in total. The van der Waals surface area contributed by atoms with Crippen molar-refractivity contribution in [2.75, 3.05) is 6.61 Å². The van der Waals surface area contributed by atoms with Crippen LogP contribution in [0.2, 0.25) is 0 Å². The van der Waals surface area contributed by atoms with Gasteiger partial charge in [-0.3, -0.25) is 4.79 Å². The summed E-state index contributed by atoms with van der Waals surface area (Å²) in [5, 5.41) is 33.4. The largest absolute Gasteiger partial charge is 0.394 e. The summed E-state index contributed by atoms with van der Waals surface area (Å²) in [5.41, 5.74) is 0. The summed E-state index contributed by atoms with van der Waals surface area (Å²) in [6.07, 6.45) is 82.7. The van der Waals surface area contributed by atoms with E-state index in [1.165, 1.54) is 302 Å². The number of allylic oxidation sites excluding steroid dienone is 5. The molecule has 0 fully saturated rings. The molecular formula is C67H129NO4. The molecule has 426 valence electrons. The van der Waals surface area contributed by atoms with E-state index < -0.39 is 24.2 Å². The molecule has 0 radical (unpaired) electrons. The molecule has 0 spiro atoms. The molecule has 72 heavy (non-hydrogen) atoms. The molecule has 5 heteroatoms. The Bertz CT molecular complexity index is 1120. The number of amides is 1. The Labute approximate surface area is 451 Å². The van der Waals surface area contributed by atoms with Crippen molar-refractivity contribution in [1.82, 2.24) is 5.32 Å². The van der Waals surface area contributed by atoms with Gasteiger partial charge in [0.05, 0.1) is 18.8 Å². The number of nitrogens with one attached hydrogen (secondary N) is 1. The number of hydrogen-bond acceptors (Lipinski definition) is 4. The van der Waals surface area contributed by atoms with E-state index in [-0.39, 0.29) is 6.61 Å². The molecule has 4 N–H and O–H groups in total. The highest BCUT2D eigenvalue weighted by atomic mass is 16.3. The first-order valence-corrected chi connectivity index (χ1v) is 32.8. The monoisotopic (exact) mass is 1010 g/mol. The van der Waals surface area contributed by atoms with Gasteiger partial charge in [0.25, 0.3) is 0 Å². The molecule has 3 unspecified atom stereocenters. The average Bonchev–Trinajstić information content (AvgIpc) is 3.39. The molecule has 0 aliphatic rings. The molecule has 0 bridgehead atoms. The van der Waals surface area contributed by atoms with Gasteiger partial charge in [-0.1, -0.05) is 339 Å². The zero-order valence-corrected chi connectivity index (χ0v) is 48.8. The maximum atomic E-state index is 12.6. The highest BCUT2D eigenvalue weighted by Gasteiger charge is 2.22. The quantitative estimate of drug-likeness (QED) is 0.0361. The zero-order chi connectivity index (χ0) is 52.2. The molecule has 0 aliphatic heterocycles. The normalized spacial score (nSPS) is 13.3. The van der Waals surface area contributed by atoms with E-state index in [2.05, 4.69) is 43.5 Å². The molecule has 0 aromatic rings. The van der Waals surface area contributed by atoms with Gasteiger partial charge < -0.3 is 20.6 Å². The molecule has 3 atom stereocenters. The molecule has 0 rings (SSSR count). The van der Waals surface area contributed by atoms with Crippen LogP contribution in [0.15, 0.2) is 36.5 Å². The smallest absolute Gasteiger partial charge is 0.249 e. The van der Waals surface area contributed by atoms with Gasteiger partial charge in [0.2, 0.25) is 5.91 Å². The Morgan fingerprint density at radius 1 is 0.333 bits per heavy atom. The van der Waals surface area contributed by atoms with Crippen molar-refractivity contribution in [2.45, 2.75) is 379 Å². The summed E-state index contributed by atoms with van der Waals surface area (Å²) in [7, 11) is 0. The van der Waals surface area contributed by atoms with Crippen molar-refractivity contribution in [3.05, 3.63) is 36.5 Å². The molecule has 0 saturated heterocycles. The number of aliphatic hydroxyl groups is 3. The number of carbonyl (C=O) groups excluding carboxylic acids is 1. The molecule has 0 heterocycles. The lowest BCUT2D eigenvalue weighted by Gasteiger charge is -2.21. The molecule has 0 aliphatic carbocycles. The van der Waals surface area contributed by atoms with Crippen LogP contribution in [0.25, 0.3) is 0 Å². The summed E-state index contributed by atoms with van der Waals surface area (Å²) < 4.78 is 0. The Hall–Kier alpha value is -1.43. The van der Waals surface area contributed by atoms with Crippen molar-refractivity contribution in [3.63, 3.8) is 0 Å². The summed E-state index contributed by atoms with van der Waals surface area (Å²) in [6, 6.07) is -0.815. The first-order valence-electron chi connectivity index (χ1n) is 32.8. The first-order chi connectivity index (χ1) is 35.6. The lowest BCUT2D eigenvalue weighted by molar-refractivity contribution is -0.131. The minimum atomic E-state index is -1.11. The summed E-state index contributed by atoms with van der Waals surface area (Å²) >= 11 is 0. The summed E-state index contributed by atoms with van der Waals surface area (Å²) in [4.78, 5) is 12.6. The predicted octanol–water partition coefficient (Wildman–Crippen LogP) is 21.0. The van der Waals surface area contributed by atoms with E-state index in [0.29, 0.717) is 6.42 Å². The van der Waals surface area contributed by atoms with Crippen LogP contribution >= 0.6 is 0 Å². The van der Waals surface area contributed by atoms with Crippen molar-refractivity contribution >= 4 is 5.91 Å². The third kappa shape index (κ3) is 56.3. The fourth-order valence-corrected chi connectivity index (χ4v) is 10.4. The van der Waals surface area contributed by atoms with Gasteiger partial charge in [0.1, 0.15) is 6.10 Å².